The van der Waals surface area contributed by atoms with Gasteiger partial charge in [-0.3, -0.25) is 4.79 Å². The van der Waals surface area contributed by atoms with E-state index in [0.717, 1.165) is 16.9 Å². The number of aryl methyl sites for hydroxylation is 1. The van der Waals surface area contributed by atoms with Crippen molar-refractivity contribution in [2.45, 2.75) is 44.6 Å². The van der Waals surface area contributed by atoms with Crippen molar-refractivity contribution in [1.82, 2.24) is 9.21 Å². The van der Waals surface area contributed by atoms with Crippen molar-refractivity contribution < 1.29 is 17.9 Å². The minimum absolute atomic E-state index is 0.122. The number of sulfonamides is 1. The van der Waals surface area contributed by atoms with Crippen molar-refractivity contribution in [1.29, 1.82) is 0 Å². The summed E-state index contributed by atoms with van der Waals surface area (Å²) in [4.78, 5) is 14.9. The highest BCUT2D eigenvalue weighted by atomic mass is 32.2. The molecule has 0 N–H and O–H groups in total. The molecule has 162 valence electrons. The minimum Gasteiger partial charge on any atom is -0.481 e. The summed E-state index contributed by atoms with van der Waals surface area (Å²) in [6, 6.07) is 14.4. The van der Waals surface area contributed by atoms with Crippen LogP contribution in [-0.4, -0.2) is 55.8 Å². The molecule has 2 aromatic carbocycles. The molecular formula is C23H30N2O4S. The van der Waals surface area contributed by atoms with Crippen molar-refractivity contribution in [2.24, 2.45) is 0 Å². The van der Waals surface area contributed by atoms with Crippen molar-refractivity contribution in [3.05, 3.63) is 59.7 Å². The summed E-state index contributed by atoms with van der Waals surface area (Å²) in [5.41, 5.74) is 2.15. The van der Waals surface area contributed by atoms with Crippen LogP contribution in [0.3, 0.4) is 0 Å². The zero-order valence-electron chi connectivity index (χ0n) is 18.0. The van der Waals surface area contributed by atoms with E-state index in [0.29, 0.717) is 13.1 Å². The van der Waals surface area contributed by atoms with Gasteiger partial charge in [-0.2, -0.15) is 4.31 Å². The zero-order chi connectivity index (χ0) is 21.9. The van der Waals surface area contributed by atoms with E-state index in [1.165, 1.54) is 4.31 Å². The quantitative estimate of drug-likeness (QED) is 0.704. The highest BCUT2D eigenvalue weighted by Gasteiger charge is 2.32. The normalized spacial score (nSPS) is 16.5. The summed E-state index contributed by atoms with van der Waals surface area (Å²) in [6.45, 7) is 9.19. The number of ether oxygens (including phenoxy) is 1. The maximum absolute atomic E-state index is 12.9. The van der Waals surface area contributed by atoms with Crippen molar-refractivity contribution >= 4 is 15.9 Å². The highest BCUT2D eigenvalue weighted by molar-refractivity contribution is 7.89. The molecule has 0 radical (unpaired) electrons. The highest BCUT2D eigenvalue weighted by Crippen LogP contribution is 2.28. The molecule has 1 amide bonds. The van der Waals surface area contributed by atoms with E-state index in [1.807, 2.05) is 25.1 Å². The third-order valence-electron chi connectivity index (χ3n) is 5.37. The Morgan fingerprint density at radius 1 is 0.967 bits per heavy atom. The van der Waals surface area contributed by atoms with Gasteiger partial charge in [-0.25, -0.2) is 8.42 Å². The smallest absolute Gasteiger partial charge is 0.263 e. The second-order valence-corrected chi connectivity index (χ2v) is 9.94. The molecule has 1 saturated heterocycles. The number of hydrogen-bond acceptors (Lipinski definition) is 4. The Morgan fingerprint density at radius 3 is 2.20 bits per heavy atom. The third kappa shape index (κ3) is 4.84. The molecule has 2 aromatic rings. The van der Waals surface area contributed by atoms with Gasteiger partial charge in [0.25, 0.3) is 5.91 Å². The summed E-state index contributed by atoms with van der Waals surface area (Å²) in [5, 5.41) is 0. The number of hydrogen-bond donors (Lipinski definition) is 0. The molecule has 0 aromatic heterocycles. The van der Waals surface area contributed by atoms with Crippen LogP contribution >= 0.6 is 0 Å². The molecule has 0 saturated carbocycles. The van der Waals surface area contributed by atoms with Gasteiger partial charge in [0, 0.05) is 26.2 Å². The van der Waals surface area contributed by atoms with Gasteiger partial charge < -0.3 is 9.64 Å². The molecule has 6 nitrogen and oxygen atoms in total. The molecular weight excluding hydrogens is 400 g/mol. The van der Waals surface area contributed by atoms with E-state index in [4.69, 9.17) is 4.74 Å². The van der Waals surface area contributed by atoms with E-state index in [9.17, 15) is 13.2 Å². The van der Waals surface area contributed by atoms with Crippen LogP contribution in [0, 0.1) is 6.92 Å². The number of benzene rings is 2. The van der Waals surface area contributed by atoms with E-state index in [2.05, 4.69) is 13.8 Å². The topological polar surface area (TPSA) is 66.9 Å². The number of amides is 1. The predicted molar refractivity (Wildman–Crippen MR) is 117 cm³/mol. The summed E-state index contributed by atoms with van der Waals surface area (Å²) < 4.78 is 33.0. The second-order valence-electron chi connectivity index (χ2n) is 8.00. The Morgan fingerprint density at radius 2 is 1.60 bits per heavy atom. The summed E-state index contributed by atoms with van der Waals surface area (Å²) in [5.74, 6) is 0.897. The lowest BCUT2D eigenvalue weighted by Crippen LogP contribution is -2.53. The minimum atomic E-state index is -3.54. The number of rotatable bonds is 6. The van der Waals surface area contributed by atoms with Gasteiger partial charge in [0.05, 0.1) is 4.90 Å². The number of carbonyl (C=O) groups is 1. The van der Waals surface area contributed by atoms with Crippen LogP contribution in [0.15, 0.2) is 53.4 Å². The molecule has 3 rings (SSSR count). The van der Waals surface area contributed by atoms with Crippen LogP contribution in [-0.2, 0) is 14.8 Å². The Kier molecular flexibility index (Phi) is 6.83. The average Bonchev–Trinajstić information content (AvgIpc) is 2.73. The van der Waals surface area contributed by atoms with Crippen LogP contribution in [0.5, 0.6) is 5.75 Å². The first kappa shape index (κ1) is 22.3. The second kappa shape index (κ2) is 9.18. The van der Waals surface area contributed by atoms with Crippen LogP contribution in [0.1, 0.15) is 37.8 Å². The Labute approximate surface area is 179 Å². The fourth-order valence-electron chi connectivity index (χ4n) is 3.61. The maximum atomic E-state index is 12.9. The fraction of sp³-hybridized carbons (Fsp3) is 0.435. The summed E-state index contributed by atoms with van der Waals surface area (Å²) in [7, 11) is -3.54. The molecule has 1 atom stereocenters. The molecule has 0 bridgehead atoms. The number of nitrogens with zero attached hydrogens (tertiary/aromatic N) is 2. The molecule has 1 heterocycles. The molecule has 7 heteroatoms. The van der Waals surface area contributed by atoms with Gasteiger partial charge in [-0.15, -0.1) is 0 Å². The van der Waals surface area contributed by atoms with Crippen molar-refractivity contribution in [2.75, 3.05) is 26.2 Å². The van der Waals surface area contributed by atoms with E-state index in [-0.39, 0.29) is 29.8 Å². The molecule has 0 unspecified atom stereocenters. The Bertz CT molecular complexity index is 982. The molecule has 30 heavy (non-hydrogen) atoms. The van der Waals surface area contributed by atoms with E-state index in [1.54, 1.807) is 42.2 Å². The van der Waals surface area contributed by atoms with Gasteiger partial charge in [-0.1, -0.05) is 44.2 Å². The number of carbonyl (C=O) groups excluding carboxylic acids is 1. The zero-order valence-corrected chi connectivity index (χ0v) is 18.9. The van der Waals surface area contributed by atoms with Crippen LogP contribution < -0.4 is 4.74 Å². The summed E-state index contributed by atoms with van der Waals surface area (Å²) in [6.07, 6.45) is -0.637. The van der Waals surface area contributed by atoms with Crippen LogP contribution in [0.4, 0.5) is 0 Å². The SMILES string of the molecule is Cc1ccc(C(C)C)c(O[C@@H](C)C(=O)N2CCN(S(=O)(=O)c3ccccc3)CC2)c1. The van der Waals surface area contributed by atoms with Crippen LogP contribution in [0.2, 0.25) is 0 Å². The lowest BCUT2D eigenvalue weighted by atomic mass is 10.0. The first-order valence-corrected chi connectivity index (χ1v) is 11.8. The van der Waals surface area contributed by atoms with E-state index >= 15 is 0 Å². The van der Waals surface area contributed by atoms with Gasteiger partial charge in [0.15, 0.2) is 6.10 Å². The lowest BCUT2D eigenvalue weighted by molar-refractivity contribution is -0.139. The Balaban J connectivity index is 1.64. The molecule has 1 aliphatic heterocycles. The van der Waals surface area contributed by atoms with Crippen molar-refractivity contribution in [3.63, 3.8) is 0 Å². The standard InChI is InChI=1S/C23H30N2O4S/c1-17(2)21-11-10-18(3)16-22(21)29-19(4)23(26)24-12-14-25(15-13-24)30(27,28)20-8-6-5-7-9-20/h5-11,16-17,19H,12-15H2,1-4H3/t19-/m0/s1. The van der Waals surface area contributed by atoms with Gasteiger partial charge >= 0.3 is 0 Å². The number of piperazine rings is 1. The summed E-state index contributed by atoms with van der Waals surface area (Å²) >= 11 is 0. The predicted octanol–water partition coefficient (Wildman–Crippen LogP) is 3.42. The van der Waals surface area contributed by atoms with Gasteiger partial charge in [0.1, 0.15) is 5.75 Å². The molecule has 0 aliphatic carbocycles. The largest absolute Gasteiger partial charge is 0.481 e. The first-order valence-electron chi connectivity index (χ1n) is 10.3. The van der Waals surface area contributed by atoms with Gasteiger partial charge in [0.2, 0.25) is 10.0 Å². The molecule has 1 aliphatic rings. The molecule has 0 spiro atoms. The lowest BCUT2D eigenvalue weighted by Gasteiger charge is -2.35. The van der Waals surface area contributed by atoms with Gasteiger partial charge in [-0.05, 0) is 49.1 Å². The first-order chi connectivity index (χ1) is 14.2. The van der Waals surface area contributed by atoms with Crippen molar-refractivity contribution in [3.8, 4) is 5.75 Å². The average molecular weight is 431 g/mol. The van der Waals surface area contributed by atoms with Crippen LogP contribution in [0.25, 0.3) is 0 Å². The van der Waals surface area contributed by atoms with E-state index < -0.39 is 16.1 Å². The molecule has 1 fully saturated rings. The Hall–Kier alpha value is -2.38. The third-order valence-corrected chi connectivity index (χ3v) is 7.29. The maximum Gasteiger partial charge on any atom is 0.263 e. The monoisotopic (exact) mass is 430 g/mol. The fourth-order valence-corrected chi connectivity index (χ4v) is 5.05.